The fraction of sp³-hybridized carbons (Fsp3) is 0.964. The predicted octanol–water partition coefficient (Wildman–Crippen LogP) is -1.61. The molecule has 9 N–H and O–H groups in total. The molecule has 1 amide bonds. The highest BCUT2D eigenvalue weighted by Crippen LogP contribution is 2.32. The Bertz CT molecular complexity index is 838. The van der Waals surface area contributed by atoms with E-state index in [1.54, 1.807) is 0 Å². The minimum atomic E-state index is -0.762. The van der Waals surface area contributed by atoms with E-state index >= 15 is 0 Å². The van der Waals surface area contributed by atoms with Crippen LogP contribution in [-0.2, 0) is 4.79 Å². The average molecular weight is 581 g/mol. The molecule has 6 aliphatic rings. The summed E-state index contributed by atoms with van der Waals surface area (Å²) >= 11 is 6.73. The third-order valence-corrected chi connectivity index (χ3v) is 11.3. The van der Waals surface area contributed by atoms with Crippen molar-refractivity contribution >= 4 is 17.5 Å². The first-order valence-electron chi connectivity index (χ1n) is 16.1. The van der Waals surface area contributed by atoms with Gasteiger partial charge in [-0.3, -0.25) is 30.1 Å². The van der Waals surface area contributed by atoms with E-state index in [2.05, 4.69) is 41.3 Å². The molecule has 0 radical (unpaired) electrons. The topological polar surface area (TPSA) is 139 Å². The molecule has 40 heavy (non-hydrogen) atoms. The molecule has 228 valence electrons. The van der Waals surface area contributed by atoms with Crippen LogP contribution in [0.5, 0.6) is 0 Å². The number of amides is 1. The number of nitrogens with zero attached hydrogens (tertiary/aromatic N) is 3. The van der Waals surface area contributed by atoms with Crippen LogP contribution in [0.4, 0.5) is 0 Å². The van der Waals surface area contributed by atoms with Crippen molar-refractivity contribution in [2.45, 2.75) is 92.9 Å². The molecule has 0 spiro atoms. The lowest BCUT2D eigenvalue weighted by atomic mass is 9.89. The maximum Gasteiger partial charge on any atom is 0.229 e. The Labute approximate surface area is 245 Å². The molecular formula is C28H53ClN10O. The minimum absolute atomic E-state index is 0.00520. The molecule has 6 fully saturated rings. The van der Waals surface area contributed by atoms with E-state index in [1.165, 1.54) is 58.2 Å². The Hall–Kier alpha value is -0.600. The number of carbonyl (C=O) groups excluding carboxylic acids is 1. The molecule has 5 saturated heterocycles. The van der Waals surface area contributed by atoms with Gasteiger partial charge in [0.15, 0.2) is 0 Å². The van der Waals surface area contributed by atoms with E-state index in [9.17, 15) is 4.79 Å². The second-order valence-electron chi connectivity index (χ2n) is 13.3. The Morgan fingerprint density at radius 2 is 1.65 bits per heavy atom. The highest BCUT2D eigenvalue weighted by Gasteiger charge is 2.43. The van der Waals surface area contributed by atoms with Crippen LogP contribution in [-0.4, -0.2) is 134 Å². The Kier molecular flexibility index (Phi) is 9.85. The van der Waals surface area contributed by atoms with Gasteiger partial charge in [0.05, 0.1) is 29.7 Å². The largest absolute Gasteiger partial charge is 0.350 e. The number of halogens is 1. The molecular weight excluding hydrogens is 528 g/mol. The molecule has 6 rings (SSSR count). The Morgan fingerprint density at radius 1 is 0.875 bits per heavy atom. The van der Waals surface area contributed by atoms with Crippen molar-refractivity contribution in [2.24, 2.45) is 23.3 Å². The van der Waals surface area contributed by atoms with Crippen molar-refractivity contribution < 1.29 is 4.79 Å². The number of hydrogen-bond donors (Lipinski definition) is 7. The van der Waals surface area contributed by atoms with Gasteiger partial charge in [-0.15, -0.1) is 11.6 Å². The fourth-order valence-corrected chi connectivity index (χ4v) is 8.95. The number of nitrogens with two attached hydrogens (primary N) is 2. The van der Waals surface area contributed by atoms with Crippen LogP contribution in [0.1, 0.15) is 44.9 Å². The smallest absolute Gasteiger partial charge is 0.229 e. The molecule has 0 aromatic heterocycles. The van der Waals surface area contributed by atoms with Crippen molar-refractivity contribution in [3.63, 3.8) is 0 Å². The van der Waals surface area contributed by atoms with Crippen molar-refractivity contribution in [1.29, 1.82) is 0 Å². The van der Waals surface area contributed by atoms with Crippen LogP contribution in [0.3, 0.4) is 0 Å². The lowest BCUT2D eigenvalue weighted by molar-refractivity contribution is -0.128. The van der Waals surface area contributed by atoms with E-state index in [1.807, 2.05) is 0 Å². The van der Waals surface area contributed by atoms with Crippen LogP contribution in [0.2, 0.25) is 0 Å². The molecule has 0 bridgehead atoms. The van der Waals surface area contributed by atoms with Gasteiger partial charge in [0, 0.05) is 83.2 Å². The summed E-state index contributed by atoms with van der Waals surface area (Å²) in [6, 6.07) is 1.91. The lowest BCUT2D eigenvalue weighted by Gasteiger charge is -2.48. The van der Waals surface area contributed by atoms with Crippen LogP contribution >= 0.6 is 11.6 Å². The van der Waals surface area contributed by atoms with Gasteiger partial charge in [0.2, 0.25) is 5.91 Å². The van der Waals surface area contributed by atoms with Gasteiger partial charge in [-0.2, -0.15) is 0 Å². The van der Waals surface area contributed by atoms with E-state index in [0.29, 0.717) is 30.6 Å². The van der Waals surface area contributed by atoms with Crippen molar-refractivity contribution in [2.75, 3.05) is 65.6 Å². The molecule has 7 atom stereocenters. The zero-order valence-corrected chi connectivity index (χ0v) is 24.8. The third-order valence-electron chi connectivity index (χ3n) is 10.9. The van der Waals surface area contributed by atoms with E-state index < -0.39 is 12.1 Å². The monoisotopic (exact) mass is 580 g/mol. The molecule has 11 nitrogen and oxygen atoms in total. The number of fused-ring (bicyclic) bond motifs is 1. The zero-order valence-electron chi connectivity index (χ0n) is 24.1. The highest BCUT2D eigenvalue weighted by molar-refractivity contribution is 6.21. The van der Waals surface area contributed by atoms with Crippen LogP contribution < -0.4 is 38.1 Å². The van der Waals surface area contributed by atoms with Crippen molar-refractivity contribution in [3.8, 4) is 0 Å². The van der Waals surface area contributed by atoms with Crippen LogP contribution in [0.15, 0.2) is 0 Å². The zero-order chi connectivity index (χ0) is 27.6. The summed E-state index contributed by atoms with van der Waals surface area (Å²) in [5.41, 5.74) is 12.5. The number of likely N-dealkylation sites (tertiary alicyclic amines) is 1. The van der Waals surface area contributed by atoms with Gasteiger partial charge in [0.1, 0.15) is 0 Å². The molecule has 12 heteroatoms. The van der Waals surface area contributed by atoms with Gasteiger partial charge >= 0.3 is 0 Å². The van der Waals surface area contributed by atoms with E-state index in [0.717, 1.165) is 45.8 Å². The second-order valence-corrected chi connectivity index (χ2v) is 13.8. The Balaban J connectivity index is 1.04. The van der Waals surface area contributed by atoms with Gasteiger partial charge in [-0.05, 0) is 44.6 Å². The molecule has 1 saturated carbocycles. The number of nitrogens with one attached hydrogen (secondary N) is 5. The quantitative estimate of drug-likeness (QED) is 0.139. The summed E-state index contributed by atoms with van der Waals surface area (Å²) in [5.74, 6) is -0.0710. The SMILES string of the molecule is NC(N)C(C(=O)NC1CNCCC1N1CCC(N2CCN3CNCC3C2)CC1)C1NCC(Cl)C(C2CCCC2)N1. The predicted molar refractivity (Wildman–Crippen MR) is 159 cm³/mol. The van der Waals surface area contributed by atoms with Crippen LogP contribution in [0.25, 0.3) is 0 Å². The van der Waals surface area contributed by atoms with E-state index in [-0.39, 0.29) is 29.5 Å². The van der Waals surface area contributed by atoms with Gasteiger partial charge in [-0.1, -0.05) is 12.8 Å². The molecule has 5 heterocycles. The second kappa shape index (κ2) is 13.4. The first kappa shape index (κ1) is 29.5. The lowest BCUT2D eigenvalue weighted by Crippen LogP contribution is -2.70. The molecule has 5 aliphatic heterocycles. The van der Waals surface area contributed by atoms with Crippen molar-refractivity contribution in [1.82, 2.24) is 41.3 Å². The molecule has 1 aliphatic carbocycles. The number of piperidine rings is 2. The van der Waals surface area contributed by atoms with Crippen molar-refractivity contribution in [3.05, 3.63) is 0 Å². The molecule has 0 aromatic carbocycles. The number of carbonyl (C=O) groups is 1. The molecule has 0 aromatic rings. The molecule has 7 unspecified atom stereocenters. The van der Waals surface area contributed by atoms with E-state index in [4.69, 9.17) is 23.1 Å². The summed E-state index contributed by atoms with van der Waals surface area (Å²) in [4.78, 5) is 21.8. The van der Waals surface area contributed by atoms with Gasteiger partial charge in [0.25, 0.3) is 0 Å². The summed E-state index contributed by atoms with van der Waals surface area (Å²) in [7, 11) is 0. The maximum absolute atomic E-state index is 13.8. The standard InChI is InChI=1S/C28H53ClN10O/c29-21-14-34-27(36-25(21)18-3-1-2-4-18)24(26(30)31)28(40)35-22-15-32-8-5-23(22)37-9-6-19(7-10-37)38-11-12-39-17-33-13-20(39)16-38/h18-27,32-34,36H,1-17,30-31H2,(H,35,40). The number of rotatable bonds is 7. The fourth-order valence-electron chi connectivity index (χ4n) is 8.58. The summed E-state index contributed by atoms with van der Waals surface area (Å²) in [6.45, 7) is 10.3. The maximum atomic E-state index is 13.8. The summed E-state index contributed by atoms with van der Waals surface area (Å²) in [6.07, 6.45) is 7.32. The normalized spacial score (nSPS) is 38.5. The van der Waals surface area contributed by atoms with Gasteiger partial charge < -0.3 is 27.4 Å². The Morgan fingerprint density at radius 3 is 2.42 bits per heavy atom. The first-order valence-corrected chi connectivity index (χ1v) is 16.5. The summed E-state index contributed by atoms with van der Waals surface area (Å²) in [5, 5.41) is 17.6. The minimum Gasteiger partial charge on any atom is -0.350 e. The number of piperazine rings is 1. The highest BCUT2D eigenvalue weighted by atomic mass is 35.5. The number of hydrogen-bond acceptors (Lipinski definition) is 10. The third kappa shape index (κ3) is 6.49. The first-order chi connectivity index (χ1) is 19.5. The average Bonchev–Trinajstić information content (AvgIpc) is 3.67. The summed E-state index contributed by atoms with van der Waals surface area (Å²) < 4.78 is 0. The van der Waals surface area contributed by atoms with Crippen LogP contribution in [0, 0.1) is 11.8 Å². The van der Waals surface area contributed by atoms with Gasteiger partial charge in [-0.25, -0.2) is 0 Å². The number of alkyl halides is 1.